The van der Waals surface area contributed by atoms with E-state index in [1.807, 2.05) is 13.8 Å². The van der Waals surface area contributed by atoms with E-state index in [1.54, 1.807) is 0 Å². The van der Waals surface area contributed by atoms with Crippen LogP contribution in [0.2, 0.25) is 0 Å². The molecule has 2 rings (SSSR count). The molecule has 0 spiro atoms. The van der Waals surface area contributed by atoms with Crippen LogP contribution in [0.5, 0.6) is 0 Å². The zero-order valence-electron chi connectivity index (χ0n) is 11.5. The third-order valence-electron chi connectivity index (χ3n) is 3.87. The van der Waals surface area contributed by atoms with E-state index in [0.29, 0.717) is 12.8 Å². The second-order valence-electron chi connectivity index (χ2n) is 5.08. The van der Waals surface area contributed by atoms with Crippen LogP contribution in [0.1, 0.15) is 39.3 Å². The molecule has 1 saturated heterocycles. The number of hydrogen-bond acceptors (Lipinski definition) is 4. The Kier molecular flexibility index (Phi) is 4.10. The largest absolute Gasteiger partial charge is 0.387 e. The minimum Gasteiger partial charge on any atom is -0.387 e. The Labute approximate surface area is 115 Å². The number of aromatic nitrogens is 2. The Morgan fingerprint density at radius 1 is 1.50 bits per heavy atom. The van der Waals surface area contributed by atoms with Crippen molar-refractivity contribution in [1.29, 1.82) is 0 Å². The lowest BCUT2D eigenvalue weighted by molar-refractivity contribution is -0.111. The van der Waals surface area contributed by atoms with Gasteiger partial charge in [-0.3, -0.25) is 14.3 Å². The molecule has 0 saturated carbocycles. The van der Waals surface area contributed by atoms with Crippen molar-refractivity contribution in [3.8, 4) is 0 Å². The van der Waals surface area contributed by atoms with Crippen LogP contribution >= 0.6 is 0 Å². The number of aliphatic hydroxyl groups is 1. The van der Waals surface area contributed by atoms with Crippen LogP contribution in [0.4, 0.5) is 4.39 Å². The Morgan fingerprint density at radius 3 is 2.75 bits per heavy atom. The van der Waals surface area contributed by atoms with Gasteiger partial charge in [0.15, 0.2) is 12.4 Å². The number of alkyl halides is 1. The number of aliphatic hydroxyl groups excluding tert-OH is 1. The van der Waals surface area contributed by atoms with Crippen molar-refractivity contribution in [3.63, 3.8) is 0 Å². The lowest BCUT2D eigenvalue weighted by Crippen LogP contribution is -2.41. The van der Waals surface area contributed by atoms with Gasteiger partial charge < -0.3 is 9.84 Å². The van der Waals surface area contributed by atoms with Crippen LogP contribution in [0.15, 0.2) is 21.9 Å². The Hall–Kier alpha value is -1.47. The average Bonchev–Trinajstić information content (AvgIpc) is 2.65. The molecule has 0 bridgehead atoms. The fraction of sp³-hybridized carbons (Fsp3) is 0.692. The third-order valence-corrected chi connectivity index (χ3v) is 3.87. The van der Waals surface area contributed by atoms with E-state index >= 15 is 0 Å². The van der Waals surface area contributed by atoms with E-state index in [4.69, 9.17) is 4.74 Å². The summed E-state index contributed by atoms with van der Waals surface area (Å²) in [6.07, 6.45) is -1.38. The molecule has 1 aliphatic heterocycles. The lowest BCUT2D eigenvalue weighted by atomic mass is 9.88. The molecule has 0 amide bonds. The van der Waals surface area contributed by atoms with Gasteiger partial charge in [0.25, 0.3) is 5.56 Å². The van der Waals surface area contributed by atoms with E-state index in [0.717, 1.165) is 17.1 Å². The van der Waals surface area contributed by atoms with Crippen molar-refractivity contribution in [2.45, 2.75) is 57.2 Å². The first-order chi connectivity index (χ1) is 9.45. The molecule has 20 heavy (non-hydrogen) atoms. The molecule has 1 aliphatic rings. The van der Waals surface area contributed by atoms with Crippen molar-refractivity contribution in [1.82, 2.24) is 9.55 Å². The van der Waals surface area contributed by atoms with Crippen LogP contribution in [0.25, 0.3) is 0 Å². The molecule has 2 heterocycles. The van der Waals surface area contributed by atoms with E-state index in [9.17, 15) is 19.1 Å². The topological polar surface area (TPSA) is 84.3 Å². The Morgan fingerprint density at radius 2 is 2.20 bits per heavy atom. The quantitative estimate of drug-likeness (QED) is 0.854. The van der Waals surface area contributed by atoms with Gasteiger partial charge in [0.1, 0.15) is 6.10 Å². The Bertz CT molecular complexity index is 584. The van der Waals surface area contributed by atoms with Gasteiger partial charge in [-0.1, -0.05) is 20.3 Å². The highest BCUT2D eigenvalue weighted by Gasteiger charge is 2.54. The molecular weight excluding hydrogens is 267 g/mol. The molecule has 7 heteroatoms. The van der Waals surface area contributed by atoms with Gasteiger partial charge in [-0.2, -0.15) is 0 Å². The number of rotatable bonds is 4. The average molecular weight is 286 g/mol. The highest BCUT2D eigenvalue weighted by Crippen LogP contribution is 2.43. The summed E-state index contributed by atoms with van der Waals surface area (Å²) in [6.45, 7) is 3.73. The fourth-order valence-corrected chi connectivity index (χ4v) is 2.76. The van der Waals surface area contributed by atoms with Crippen LogP contribution in [-0.2, 0) is 4.74 Å². The number of nitrogens with one attached hydrogen (secondary N) is 1. The summed E-state index contributed by atoms with van der Waals surface area (Å²) < 4.78 is 21.0. The molecule has 0 radical (unpaired) electrons. The number of hydrogen-bond donors (Lipinski definition) is 2. The third kappa shape index (κ3) is 2.31. The van der Waals surface area contributed by atoms with Gasteiger partial charge in [-0.05, 0) is 12.8 Å². The highest BCUT2D eigenvalue weighted by atomic mass is 19.1. The summed E-state index contributed by atoms with van der Waals surface area (Å²) in [7, 11) is 0. The summed E-state index contributed by atoms with van der Waals surface area (Å²) in [5.74, 6) is 0. The molecule has 6 nitrogen and oxygen atoms in total. The molecule has 1 fully saturated rings. The first-order valence-corrected chi connectivity index (χ1v) is 6.76. The highest BCUT2D eigenvalue weighted by molar-refractivity contribution is 5.01. The van der Waals surface area contributed by atoms with Crippen LogP contribution in [-0.4, -0.2) is 32.5 Å². The molecule has 1 unspecified atom stereocenters. The summed E-state index contributed by atoms with van der Waals surface area (Å²) in [5, 5.41) is 10.1. The second-order valence-corrected chi connectivity index (χ2v) is 5.08. The standard InChI is InChI=1S/C13H19FN2O4/c1-3-6-13(4-2)10(18)9(14)11(20-13)16-7-5-8(17)15-12(16)19/h5,7,9-11,18H,3-4,6H2,1-2H3,(H,15,17,19)/t9?,10-,11-,13+/m1/s1. The maximum Gasteiger partial charge on any atom is 0.330 e. The lowest BCUT2D eigenvalue weighted by Gasteiger charge is -2.30. The number of halogens is 1. The van der Waals surface area contributed by atoms with Crippen LogP contribution in [0, 0.1) is 0 Å². The SMILES string of the molecule is CCC[C@]1(CC)O[C@@H](n2ccc(=O)[nH]c2=O)C(F)[C@H]1O. The van der Waals surface area contributed by atoms with Crippen molar-refractivity contribution in [2.24, 2.45) is 0 Å². The molecule has 1 aromatic rings. The zero-order valence-corrected chi connectivity index (χ0v) is 11.5. The van der Waals surface area contributed by atoms with Gasteiger partial charge >= 0.3 is 5.69 Å². The van der Waals surface area contributed by atoms with Crippen molar-refractivity contribution >= 4 is 0 Å². The van der Waals surface area contributed by atoms with E-state index in [-0.39, 0.29) is 0 Å². The molecule has 4 atom stereocenters. The maximum absolute atomic E-state index is 14.3. The fourth-order valence-electron chi connectivity index (χ4n) is 2.76. The Balaban J connectivity index is 2.39. The minimum atomic E-state index is -1.72. The van der Waals surface area contributed by atoms with Crippen LogP contribution in [0.3, 0.4) is 0 Å². The predicted octanol–water partition coefficient (Wildman–Crippen LogP) is 0.713. The summed E-state index contributed by atoms with van der Waals surface area (Å²) in [4.78, 5) is 24.8. The zero-order chi connectivity index (χ0) is 14.9. The normalized spacial score (nSPS) is 33.5. The van der Waals surface area contributed by atoms with Gasteiger partial charge in [0.05, 0.1) is 5.60 Å². The summed E-state index contributed by atoms with van der Waals surface area (Å²) in [5.41, 5.74) is -2.30. The van der Waals surface area contributed by atoms with E-state index in [1.165, 1.54) is 6.20 Å². The number of aromatic amines is 1. The maximum atomic E-state index is 14.3. The van der Waals surface area contributed by atoms with Crippen molar-refractivity contribution in [3.05, 3.63) is 33.1 Å². The molecular formula is C13H19FN2O4. The van der Waals surface area contributed by atoms with Crippen LogP contribution < -0.4 is 11.2 Å². The summed E-state index contributed by atoms with van der Waals surface area (Å²) in [6, 6.07) is 1.12. The predicted molar refractivity (Wildman–Crippen MR) is 70.3 cm³/mol. The van der Waals surface area contributed by atoms with Gasteiger partial charge in [-0.25, -0.2) is 9.18 Å². The first-order valence-electron chi connectivity index (χ1n) is 6.76. The van der Waals surface area contributed by atoms with Gasteiger partial charge in [0.2, 0.25) is 0 Å². The van der Waals surface area contributed by atoms with Gasteiger partial charge in [0, 0.05) is 12.3 Å². The molecule has 0 aromatic carbocycles. The number of ether oxygens (including phenoxy) is 1. The first kappa shape index (κ1) is 14.9. The van der Waals surface area contributed by atoms with Crippen molar-refractivity contribution in [2.75, 3.05) is 0 Å². The van der Waals surface area contributed by atoms with E-state index in [2.05, 4.69) is 4.98 Å². The molecule has 2 N–H and O–H groups in total. The monoisotopic (exact) mass is 286 g/mol. The second kappa shape index (κ2) is 5.49. The van der Waals surface area contributed by atoms with Gasteiger partial charge in [-0.15, -0.1) is 0 Å². The van der Waals surface area contributed by atoms with Crippen molar-refractivity contribution < 1.29 is 14.2 Å². The molecule has 0 aliphatic carbocycles. The number of H-pyrrole nitrogens is 1. The smallest absolute Gasteiger partial charge is 0.330 e. The summed E-state index contributed by atoms with van der Waals surface area (Å²) >= 11 is 0. The minimum absolute atomic E-state index is 0.441. The number of nitrogens with zero attached hydrogens (tertiary/aromatic N) is 1. The van der Waals surface area contributed by atoms with E-state index < -0.39 is 35.4 Å². The molecule has 1 aromatic heterocycles. The molecule has 112 valence electrons.